The second kappa shape index (κ2) is 8.97. The third kappa shape index (κ3) is 5.16. The summed E-state index contributed by atoms with van der Waals surface area (Å²) in [6.07, 6.45) is 1.87. The second-order valence-electron chi connectivity index (χ2n) is 7.99. The largest absolute Gasteiger partial charge is 0.340 e. The van der Waals surface area contributed by atoms with Crippen LogP contribution < -0.4 is 10.9 Å². The first-order chi connectivity index (χ1) is 14.9. The number of anilines is 2. The van der Waals surface area contributed by atoms with Gasteiger partial charge in [-0.2, -0.15) is 5.10 Å². The van der Waals surface area contributed by atoms with Gasteiger partial charge in [0.15, 0.2) is 5.13 Å². The maximum absolute atomic E-state index is 12.9. The highest BCUT2D eigenvalue weighted by molar-refractivity contribution is 7.13. The van der Waals surface area contributed by atoms with Crippen molar-refractivity contribution in [2.75, 3.05) is 18.4 Å². The molecule has 31 heavy (non-hydrogen) atoms. The van der Waals surface area contributed by atoms with Crippen LogP contribution in [-0.2, 0) is 11.3 Å². The number of rotatable bonds is 5. The number of hydrogen-bond acceptors (Lipinski definition) is 7. The molecule has 1 N–H and O–H groups in total. The minimum Gasteiger partial charge on any atom is -0.340 e. The zero-order valence-electron chi connectivity index (χ0n) is 18.0. The van der Waals surface area contributed by atoms with E-state index in [1.54, 1.807) is 24.3 Å². The molecular formula is C22H26N6O2S. The molecule has 0 unspecified atom stereocenters. The smallest absolute Gasteiger partial charge is 0.267 e. The van der Waals surface area contributed by atoms with E-state index in [-0.39, 0.29) is 23.9 Å². The van der Waals surface area contributed by atoms with Gasteiger partial charge < -0.3 is 10.2 Å². The average Bonchev–Trinajstić information content (AvgIpc) is 3.15. The Balaban J connectivity index is 1.48. The van der Waals surface area contributed by atoms with Crippen molar-refractivity contribution in [2.45, 2.75) is 46.1 Å². The molecule has 1 atom stereocenters. The molecule has 0 bridgehead atoms. The first-order valence-electron chi connectivity index (χ1n) is 10.4. The summed E-state index contributed by atoms with van der Waals surface area (Å²) in [5.41, 5.74) is 4.29. The molecule has 1 aliphatic heterocycles. The molecule has 1 aliphatic rings. The van der Waals surface area contributed by atoms with Gasteiger partial charge in [0.1, 0.15) is 6.54 Å². The number of aromatic nitrogens is 4. The predicted molar refractivity (Wildman–Crippen MR) is 121 cm³/mol. The van der Waals surface area contributed by atoms with E-state index in [1.807, 2.05) is 30.2 Å². The van der Waals surface area contributed by atoms with Gasteiger partial charge in [-0.05, 0) is 51.8 Å². The summed E-state index contributed by atoms with van der Waals surface area (Å²) in [5.74, 6) is 0.0625. The molecule has 162 valence electrons. The summed E-state index contributed by atoms with van der Waals surface area (Å²) in [6, 6.07) is 7.16. The fourth-order valence-electron chi connectivity index (χ4n) is 3.85. The Kier molecular flexibility index (Phi) is 6.13. The molecule has 3 aromatic rings. The van der Waals surface area contributed by atoms with Crippen LogP contribution in [0.15, 0.2) is 34.4 Å². The number of piperidine rings is 1. The molecule has 0 aliphatic carbocycles. The van der Waals surface area contributed by atoms with Gasteiger partial charge in [-0.3, -0.25) is 14.6 Å². The summed E-state index contributed by atoms with van der Waals surface area (Å²) in [5, 5.41) is 10.4. The van der Waals surface area contributed by atoms with Crippen molar-refractivity contribution in [1.82, 2.24) is 24.6 Å². The van der Waals surface area contributed by atoms with Gasteiger partial charge in [-0.25, -0.2) is 9.67 Å². The number of carbonyl (C=O) groups excluding carboxylic acids is 1. The van der Waals surface area contributed by atoms with Crippen LogP contribution in [0.4, 0.5) is 10.8 Å². The van der Waals surface area contributed by atoms with E-state index in [9.17, 15) is 9.59 Å². The van der Waals surface area contributed by atoms with E-state index in [4.69, 9.17) is 4.98 Å². The lowest BCUT2D eigenvalue weighted by atomic mass is 9.93. The third-order valence-corrected chi connectivity index (χ3v) is 6.20. The number of thiazole rings is 1. The number of pyridine rings is 1. The summed E-state index contributed by atoms with van der Waals surface area (Å²) >= 11 is 1.57. The molecule has 4 heterocycles. The zero-order chi connectivity index (χ0) is 22.0. The van der Waals surface area contributed by atoms with Crippen LogP contribution in [0.2, 0.25) is 0 Å². The SMILES string of the molecule is Cc1cc(Nc2nc(C)cs2)cc([C@H]2CCCN(C(=O)Cn3nc(C)ccc3=O)C2)n1. The first kappa shape index (κ1) is 21.2. The monoisotopic (exact) mass is 438 g/mol. The number of nitrogens with zero attached hydrogens (tertiary/aromatic N) is 5. The standard InChI is InChI=1S/C22H26N6O2S/c1-14-6-7-20(29)28(26-14)12-21(30)27-8-4-5-17(11-27)19-10-18(9-15(2)23-19)25-22-24-16(3)13-31-22/h6-7,9-10,13,17H,4-5,8,11-12H2,1-3H3,(H,23,24,25)/t17-/m0/s1. The first-order valence-corrected chi connectivity index (χ1v) is 11.3. The summed E-state index contributed by atoms with van der Waals surface area (Å²) in [6.45, 7) is 6.99. The normalized spacial score (nSPS) is 16.4. The predicted octanol–water partition coefficient (Wildman–Crippen LogP) is 3.17. The van der Waals surface area contributed by atoms with Gasteiger partial charge in [-0.1, -0.05) is 0 Å². The Morgan fingerprint density at radius 1 is 1.16 bits per heavy atom. The average molecular weight is 439 g/mol. The van der Waals surface area contributed by atoms with Crippen LogP contribution >= 0.6 is 11.3 Å². The maximum Gasteiger partial charge on any atom is 0.267 e. The van der Waals surface area contributed by atoms with E-state index in [2.05, 4.69) is 21.5 Å². The Morgan fingerprint density at radius 2 is 2.00 bits per heavy atom. The maximum atomic E-state index is 12.9. The minimum absolute atomic E-state index is 0.0370. The summed E-state index contributed by atoms with van der Waals surface area (Å²) < 4.78 is 1.24. The number of amides is 1. The van der Waals surface area contributed by atoms with E-state index in [1.165, 1.54) is 10.7 Å². The molecule has 8 nitrogen and oxygen atoms in total. The molecule has 0 spiro atoms. The van der Waals surface area contributed by atoms with Crippen molar-refractivity contribution in [1.29, 1.82) is 0 Å². The number of aryl methyl sites for hydroxylation is 3. The van der Waals surface area contributed by atoms with Crippen molar-refractivity contribution in [3.8, 4) is 0 Å². The van der Waals surface area contributed by atoms with Crippen molar-refractivity contribution in [3.05, 3.63) is 62.8 Å². The molecule has 0 aromatic carbocycles. The number of likely N-dealkylation sites (tertiary alicyclic amines) is 1. The van der Waals surface area contributed by atoms with Gasteiger partial charge >= 0.3 is 0 Å². The molecule has 0 radical (unpaired) electrons. The molecule has 1 amide bonds. The van der Waals surface area contributed by atoms with E-state index in [0.29, 0.717) is 18.8 Å². The fourth-order valence-corrected chi connectivity index (χ4v) is 4.56. The van der Waals surface area contributed by atoms with Gasteiger partial charge in [0, 0.05) is 47.5 Å². The molecule has 9 heteroatoms. The fraction of sp³-hybridized carbons (Fsp3) is 0.409. The van der Waals surface area contributed by atoms with Gasteiger partial charge in [0.05, 0.1) is 11.4 Å². The zero-order valence-corrected chi connectivity index (χ0v) is 18.8. The third-order valence-electron chi connectivity index (χ3n) is 5.32. The Labute approximate surface area is 185 Å². The highest BCUT2D eigenvalue weighted by Crippen LogP contribution is 2.29. The molecule has 1 fully saturated rings. The topological polar surface area (TPSA) is 93.0 Å². The lowest BCUT2D eigenvalue weighted by molar-refractivity contribution is -0.133. The summed E-state index contributed by atoms with van der Waals surface area (Å²) in [4.78, 5) is 35.9. The van der Waals surface area contributed by atoms with Crippen LogP contribution in [0.3, 0.4) is 0 Å². The Bertz CT molecular complexity index is 1150. The van der Waals surface area contributed by atoms with Gasteiger partial charge in [0.25, 0.3) is 5.56 Å². The Morgan fingerprint density at radius 3 is 2.77 bits per heavy atom. The van der Waals surface area contributed by atoms with Crippen LogP contribution in [0.5, 0.6) is 0 Å². The van der Waals surface area contributed by atoms with Crippen LogP contribution in [0.1, 0.15) is 41.5 Å². The van der Waals surface area contributed by atoms with E-state index in [0.717, 1.165) is 40.7 Å². The van der Waals surface area contributed by atoms with Crippen molar-refractivity contribution < 1.29 is 4.79 Å². The van der Waals surface area contributed by atoms with Crippen LogP contribution in [-0.4, -0.2) is 43.6 Å². The second-order valence-corrected chi connectivity index (χ2v) is 8.85. The highest BCUT2D eigenvalue weighted by Gasteiger charge is 2.26. The number of hydrogen-bond donors (Lipinski definition) is 1. The molecule has 4 rings (SSSR count). The van der Waals surface area contributed by atoms with Crippen molar-refractivity contribution in [2.24, 2.45) is 0 Å². The molecule has 3 aromatic heterocycles. The van der Waals surface area contributed by atoms with Crippen LogP contribution in [0.25, 0.3) is 0 Å². The van der Waals surface area contributed by atoms with Crippen LogP contribution in [0, 0.1) is 20.8 Å². The molecular weight excluding hydrogens is 412 g/mol. The summed E-state index contributed by atoms with van der Waals surface area (Å²) in [7, 11) is 0. The lowest BCUT2D eigenvalue weighted by Gasteiger charge is -2.33. The van der Waals surface area contributed by atoms with Gasteiger partial charge in [-0.15, -0.1) is 11.3 Å². The van der Waals surface area contributed by atoms with E-state index >= 15 is 0 Å². The number of carbonyl (C=O) groups is 1. The molecule has 0 saturated carbocycles. The van der Waals surface area contributed by atoms with Crippen molar-refractivity contribution in [3.63, 3.8) is 0 Å². The van der Waals surface area contributed by atoms with E-state index < -0.39 is 0 Å². The highest BCUT2D eigenvalue weighted by atomic mass is 32.1. The Hall–Kier alpha value is -3.07. The molecule has 1 saturated heterocycles. The van der Waals surface area contributed by atoms with Gasteiger partial charge in [0.2, 0.25) is 5.91 Å². The minimum atomic E-state index is -0.263. The lowest BCUT2D eigenvalue weighted by Crippen LogP contribution is -2.42. The van der Waals surface area contributed by atoms with Crippen molar-refractivity contribution >= 4 is 28.1 Å². The number of nitrogens with one attached hydrogen (secondary N) is 1. The quantitative estimate of drug-likeness (QED) is 0.658.